The molecule has 0 radical (unpaired) electrons. The van der Waals surface area contributed by atoms with E-state index in [-0.39, 0.29) is 10.8 Å². The van der Waals surface area contributed by atoms with Gasteiger partial charge in [0.1, 0.15) is 10.0 Å². The molecule has 210 valence electrons. The third-order valence-corrected chi connectivity index (χ3v) is 10.4. The van der Waals surface area contributed by atoms with E-state index in [0.29, 0.717) is 52.0 Å². The number of hydrogen-bond acceptors (Lipinski definition) is 6. The molecular weight excluding hydrogens is 561 g/mol. The van der Waals surface area contributed by atoms with Gasteiger partial charge < -0.3 is 0 Å². The van der Waals surface area contributed by atoms with Crippen molar-refractivity contribution in [2.24, 2.45) is 11.8 Å². The van der Waals surface area contributed by atoms with Crippen molar-refractivity contribution >= 4 is 50.3 Å². The average molecular weight is 595 g/mol. The fourth-order valence-corrected chi connectivity index (χ4v) is 8.36. The molecule has 2 unspecified atom stereocenters. The van der Waals surface area contributed by atoms with Crippen molar-refractivity contribution in [3.63, 3.8) is 0 Å². The fraction of sp³-hybridized carbons (Fsp3) is 0.367. The summed E-state index contributed by atoms with van der Waals surface area (Å²) >= 11 is 6.80. The summed E-state index contributed by atoms with van der Waals surface area (Å²) in [6.45, 7) is 7.92. The summed E-state index contributed by atoms with van der Waals surface area (Å²) in [4.78, 5) is 15.6. The van der Waals surface area contributed by atoms with Crippen LogP contribution in [-0.4, -0.2) is 57.3 Å². The molecule has 2 saturated heterocycles. The van der Waals surface area contributed by atoms with E-state index in [2.05, 4.69) is 20.8 Å². The van der Waals surface area contributed by atoms with Crippen molar-refractivity contribution in [3.05, 3.63) is 71.3 Å². The highest BCUT2D eigenvalue weighted by molar-refractivity contribution is 8.26. The number of rotatable bonds is 8. The van der Waals surface area contributed by atoms with Crippen LogP contribution in [0.2, 0.25) is 0 Å². The molecule has 2 fully saturated rings. The molecule has 0 bridgehead atoms. The van der Waals surface area contributed by atoms with Gasteiger partial charge in [-0.15, -0.1) is 0 Å². The second kappa shape index (κ2) is 12.0. The van der Waals surface area contributed by atoms with Crippen molar-refractivity contribution in [2.45, 2.75) is 44.9 Å². The van der Waals surface area contributed by atoms with E-state index in [1.807, 2.05) is 48.7 Å². The molecule has 2 aliphatic heterocycles. The lowest BCUT2D eigenvalue weighted by Crippen LogP contribution is -2.42. The van der Waals surface area contributed by atoms with E-state index in [4.69, 9.17) is 17.3 Å². The Morgan fingerprint density at radius 2 is 1.80 bits per heavy atom. The van der Waals surface area contributed by atoms with Crippen LogP contribution >= 0.6 is 24.0 Å². The predicted octanol–water partition coefficient (Wildman–Crippen LogP) is 6.21. The molecule has 10 heteroatoms. The Hall–Kier alpha value is -2.79. The fourth-order valence-electron chi connectivity index (χ4n) is 5.34. The molecule has 7 nitrogen and oxygen atoms in total. The van der Waals surface area contributed by atoms with Crippen LogP contribution in [0, 0.1) is 11.8 Å². The van der Waals surface area contributed by atoms with Gasteiger partial charge in [-0.3, -0.25) is 9.69 Å². The number of unbranched alkanes of at least 4 members (excludes halogenated alkanes) is 1. The van der Waals surface area contributed by atoms with Crippen LogP contribution in [0.5, 0.6) is 0 Å². The number of sulfonamides is 1. The second-order valence-electron chi connectivity index (χ2n) is 10.7. The lowest BCUT2D eigenvalue weighted by molar-refractivity contribution is -0.122. The number of piperidine rings is 1. The normalized spacial score (nSPS) is 21.5. The van der Waals surface area contributed by atoms with E-state index in [1.54, 1.807) is 32.1 Å². The van der Waals surface area contributed by atoms with Gasteiger partial charge in [0.2, 0.25) is 10.0 Å². The van der Waals surface area contributed by atoms with Gasteiger partial charge in [0, 0.05) is 37.0 Å². The summed E-state index contributed by atoms with van der Waals surface area (Å²) in [6.07, 6.45) is 6.57. The predicted molar refractivity (Wildman–Crippen MR) is 165 cm³/mol. The molecule has 0 N–H and O–H groups in total. The van der Waals surface area contributed by atoms with Crippen LogP contribution in [0.25, 0.3) is 23.0 Å². The average Bonchev–Trinajstić information content (AvgIpc) is 3.47. The molecule has 1 aromatic heterocycles. The highest BCUT2D eigenvalue weighted by atomic mass is 32.2. The van der Waals surface area contributed by atoms with E-state index >= 15 is 0 Å². The standard InChI is InChI=1S/C30H34N4O3S3/c1-4-5-14-33-29(35)27(39-30(33)38)17-24-20-34(25-11-7-6-8-12-25)31-28(24)23-10-9-13-26(16-23)40(36,37)32-18-21(2)15-22(3)19-32/h6-13,16-17,20-22H,4-5,14-15,18-19H2,1-3H3/b27-17-. The van der Waals surface area contributed by atoms with Gasteiger partial charge in [-0.1, -0.05) is 81.5 Å². The number of nitrogens with zero attached hydrogens (tertiary/aromatic N) is 4. The maximum atomic E-state index is 13.7. The van der Waals surface area contributed by atoms with Gasteiger partial charge in [0.05, 0.1) is 15.5 Å². The first-order chi connectivity index (χ1) is 19.2. The first kappa shape index (κ1) is 28.7. The number of carbonyl (C=O) groups is 1. The van der Waals surface area contributed by atoms with Crippen LogP contribution < -0.4 is 0 Å². The van der Waals surface area contributed by atoms with E-state index in [9.17, 15) is 13.2 Å². The smallest absolute Gasteiger partial charge is 0.266 e. The Balaban J connectivity index is 1.56. The summed E-state index contributed by atoms with van der Waals surface area (Å²) in [5.41, 5.74) is 2.84. The van der Waals surface area contributed by atoms with Gasteiger partial charge in [-0.25, -0.2) is 13.1 Å². The highest BCUT2D eigenvalue weighted by Crippen LogP contribution is 2.36. The molecule has 5 rings (SSSR count). The lowest BCUT2D eigenvalue weighted by Gasteiger charge is -2.34. The number of carbonyl (C=O) groups excluding carboxylic acids is 1. The van der Waals surface area contributed by atoms with Gasteiger partial charge >= 0.3 is 0 Å². The van der Waals surface area contributed by atoms with Crippen LogP contribution in [0.15, 0.2) is 70.6 Å². The highest BCUT2D eigenvalue weighted by Gasteiger charge is 2.33. The molecule has 0 spiro atoms. The van der Waals surface area contributed by atoms with Gasteiger partial charge in [-0.05, 0) is 55.0 Å². The molecule has 2 atom stereocenters. The topological polar surface area (TPSA) is 75.5 Å². The van der Waals surface area contributed by atoms with Gasteiger partial charge in [-0.2, -0.15) is 9.40 Å². The van der Waals surface area contributed by atoms with E-state index < -0.39 is 10.0 Å². The van der Waals surface area contributed by atoms with Crippen molar-refractivity contribution < 1.29 is 13.2 Å². The minimum Gasteiger partial charge on any atom is -0.293 e. The summed E-state index contributed by atoms with van der Waals surface area (Å²) < 4.78 is 31.3. The molecule has 0 aliphatic carbocycles. The maximum Gasteiger partial charge on any atom is 0.266 e. The Labute approximate surface area is 246 Å². The van der Waals surface area contributed by atoms with Gasteiger partial charge in [0.15, 0.2) is 0 Å². The zero-order valence-corrected chi connectivity index (χ0v) is 25.4. The molecule has 0 saturated carbocycles. The van der Waals surface area contributed by atoms with Crippen LogP contribution in [0.4, 0.5) is 0 Å². The number of para-hydroxylation sites is 1. The van der Waals surface area contributed by atoms with Gasteiger partial charge in [0.25, 0.3) is 5.91 Å². The number of aromatic nitrogens is 2. The zero-order valence-electron chi connectivity index (χ0n) is 23.0. The Morgan fingerprint density at radius 3 is 2.50 bits per heavy atom. The van der Waals surface area contributed by atoms with E-state index in [0.717, 1.165) is 30.5 Å². The maximum absolute atomic E-state index is 13.7. The van der Waals surface area contributed by atoms with Crippen molar-refractivity contribution in [3.8, 4) is 16.9 Å². The molecule has 3 heterocycles. The molecule has 3 aromatic rings. The largest absolute Gasteiger partial charge is 0.293 e. The summed E-state index contributed by atoms with van der Waals surface area (Å²) in [5, 5.41) is 4.86. The quantitative estimate of drug-likeness (QED) is 0.228. The Morgan fingerprint density at radius 1 is 1.07 bits per heavy atom. The summed E-state index contributed by atoms with van der Waals surface area (Å²) in [6, 6.07) is 16.7. The Kier molecular flexibility index (Phi) is 8.61. The first-order valence-corrected chi connectivity index (χ1v) is 16.3. The first-order valence-electron chi connectivity index (χ1n) is 13.7. The van der Waals surface area contributed by atoms with Crippen molar-refractivity contribution in [1.82, 2.24) is 19.0 Å². The zero-order chi connectivity index (χ0) is 28.4. The molecule has 2 aliphatic rings. The monoisotopic (exact) mass is 594 g/mol. The minimum absolute atomic E-state index is 0.105. The molecular formula is C30H34N4O3S3. The van der Waals surface area contributed by atoms with E-state index in [1.165, 1.54) is 11.8 Å². The number of thioether (sulfide) groups is 1. The summed E-state index contributed by atoms with van der Waals surface area (Å²) in [7, 11) is -3.67. The minimum atomic E-state index is -3.67. The number of amides is 1. The Bertz CT molecular complexity index is 1540. The lowest BCUT2D eigenvalue weighted by atomic mass is 9.94. The number of hydrogen-bond donors (Lipinski definition) is 0. The second-order valence-corrected chi connectivity index (χ2v) is 14.3. The molecule has 40 heavy (non-hydrogen) atoms. The van der Waals surface area contributed by atoms with Crippen LogP contribution in [0.3, 0.4) is 0 Å². The van der Waals surface area contributed by atoms with Crippen molar-refractivity contribution in [1.29, 1.82) is 0 Å². The number of thiocarbonyl (C=S) groups is 1. The SMILES string of the molecule is CCCCN1C(=O)/C(=C/c2cn(-c3ccccc3)nc2-c2cccc(S(=O)(=O)N3CC(C)CC(C)C3)c2)SC1=S. The summed E-state index contributed by atoms with van der Waals surface area (Å²) in [5.74, 6) is 0.517. The third-order valence-electron chi connectivity index (χ3n) is 7.24. The van der Waals surface area contributed by atoms with Crippen LogP contribution in [-0.2, 0) is 14.8 Å². The van der Waals surface area contributed by atoms with Crippen LogP contribution in [0.1, 0.15) is 45.6 Å². The molecule has 1 amide bonds. The molecule has 2 aromatic carbocycles. The van der Waals surface area contributed by atoms with Crippen molar-refractivity contribution in [2.75, 3.05) is 19.6 Å². The number of benzene rings is 2. The third kappa shape index (κ3) is 5.95.